The molecule has 0 spiro atoms. The van der Waals surface area contributed by atoms with Gasteiger partial charge in [-0.2, -0.15) is 0 Å². The molecular formula is C17H18Cl2N2O5S. The number of amides is 1. The second kappa shape index (κ2) is 9.48. The Hall–Kier alpha value is -1.71. The number of hydrogen-bond acceptors (Lipinski definition) is 6. The molecule has 0 aliphatic heterocycles. The van der Waals surface area contributed by atoms with Crippen LogP contribution in [0.1, 0.15) is 34.6 Å². The zero-order chi connectivity index (χ0) is 20.0. The summed E-state index contributed by atoms with van der Waals surface area (Å²) in [5.74, 6) is -1.58. The number of aliphatic hydroxyl groups is 1. The van der Waals surface area contributed by atoms with Gasteiger partial charge in [-0.25, -0.2) is 13.1 Å². The van der Waals surface area contributed by atoms with Crippen LogP contribution in [0.4, 0.5) is 0 Å². The van der Waals surface area contributed by atoms with Crippen molar-refractivity contribution in [2.45, 2.75) is 19.6 Å². The van der Waals surface area contributed by atoms with Crippen LogP contribution >= 0.6 is 23.2 Å². The summed E-state index contributed by atoms with van der Waals surface area (Å²) >= 11 is 11.7. The van der Waals surface area contributed by atoms with E-state index in [-0.39, 0.29) is 21.2 Å². The smallest absolute Gasteiger partial charge is 0.266 e. The molecule has 27 heavy (non-hydrogen) atoms. The predicted octanol–water partition coefficient (Wildman–Crippen LogP) is 2.72. The number of aromatic nitrogens is 1. The molecule has 10 heteroatoms. The zero-order valence-electron chi connectivity index (χ0n) is 14.4. The van der Waals surface area contributed by atoms with E-state index >= 15 is 0 Å². The van der Waals surface area contributed by atoms with Gasteiger partial charge < -0.3 is 9.84 Å². The molecule has 1 amide bonds. The number of aliphatic hydroxyl groups excluding tert-OH is 1. The molecule has 1 unspecified atom stereocenters. The molecular weight excluding hydrogens is 415 g/mol. The highest BCUT2D eigenvalue weighted by Gasteiger charge is 2.22. The van der Waals surface area contributed by atoms with Crippen molar-refractivity contribution >= 4 is 39.1 Å². The molecule has 0 bridgehead atoms. The van der Waals surface area contributed by atoms with Gasteiger partial charge in [0, 0.05) is 22.8 Å². The molecule has 1 aromatic carbocycles. The third-order valence-electron chi connectivity index (χ3n) is 3.44. The van der Waals surface area contributed by atoms with Crippen LogP contribution in [0.5, 0.6) is 0 Å². The Morgan fingerprint density at radius 1 is 1.26 bits per heavy atom. The molecule has 2 N–H and O–H groups in total. The number of sulfonamides is 1. The summed E-state index contributed by atoms with van der Waals surface area (Å²) in [5, 5.41) is 10.7. The fourth-order valence-corrected chi connectivity index (χ4v) is 3.80. The molecule has 1 heterocycles. The summed E-state index contributed by atoms with van der Waals surface area (Å²) in [6, 6.07) is 7.27. The van der Waals surface area contributed by atoms with Crippen molar-refractivity contribution in [3.8, 4) is 0 Å². The van der Waals surface area contributed by atoms with E-state index in [0.717, 1.165) is 0 Å². The quantitative estimate of drug-likeness (QED) is 0.663. The average molecular weight is 433 g/mol. The van der Waals surface area contributed by atoms with Crippen LogP contribution in [0.15, 0.2) is 36.5 Å². The normalized spacial score (nSPS) is 12.6. The summed E-state index contributed by atoms with van der Waals surface area (Å²) in [6.45, 7) is 2.67. The first kappa shape index (κ1) is 21.6. The Kier molecular flexibility index (Phi) is 7.58. The number of hydrogen-bond donors (Lipinski definition) is 2. The van der Waals surface area contributed by atoms with Gasteiger partial charge in [-0.1, -0.05) is 23.2 Å². The van der Waals surface area contributed by atoms with Crippen LogP contribution in [0.2, 0.25) is 10.0 Å². The van der Waals surface area contributed by atoms with Crippen molar-refractivity contribution in [1.82, 2.24) is 9.71 Å². The Labute approximate surface area is 167 Å². The lowest BCUT2D eigenvalue weighted by atomic mass is 10.1. The number of halogens is 2. The Balaban J connectivity index is 2.03. The van der Waals surface area contributed by atoms with E-state index < -0.39 is 27.8 Å². The van der Waals surface area contributed by atoms with E-state index in [2.05, 4.69) is 4.98 Å². The van der Waals surface area contributed by atoms with Crippen molar-refractivity contribution in [2.24, 2.45) is 0 Å². The lowest BCUT2D eigenvalue weighted by Gasteiger charge is -2.13. The molecule has 0 fully saturated rings. The van der Waals surface area contributed by atoms with Crippen molar-refractivity contribution in [1.29, 1.82) is 0 Å². The van der Waals surface area contributed by atoms with Gasteiger partial charge >= 0.3 is 0 Å². The minimum absolute atomic E-state index is 0.0686. The molecule has 1 aromatic heterocycles. The van der Waals surface area contributed by atoms with Gasteiger partial charge in [-0.15, -0.1) is 0 Å². The van der Waals surface area contributed by atoms with E-state index in [1.807, 2.05) is 11.6 Å². The molecule has 2 rings (SSSR count). The summed E-state index contributed by atoms with van der Waals surface area (Å²) in [5.41, 5.74) is 0.913. The Morgan fingerprint density at radius 2 is 1.93 bits per heavy atom. The molecule has 146 valence electrons. The largest absolute Gasteiger partial charge is 0.387 e. The van der Waals surface area contributed by atoms with E-state index in [1.54, 1.807) is 6.07 Å². The molecule has 0 radical (unpaired) electrons. The minimum Gasteiger partial charge on any atom is -0.387 e. The molecule has 1 atom stereocenters. The fraction of sp³-hybridized carbons (Fsp3) is 0.294. The third kappa shape index (κ3) is 6.75. The fourth-order valence-electron chi connectivity index (χ4n) is 2.16. The van der Waals surface area contributed by atoms with Crippen LogP contribution in [-0.4, -0.2) is 36.8 Å². The number of nitrogens with zero attached hydrogens (tertiary/aromatic N) is 1. The first-order valence-corrected chi connectivity index (χ1v) is 10.3. The molecule has 2 aromatic rings. The van der Waals surface area contributed by atoms with E-state index in [9.17, 15) is 18.3 Å². The summed E-state index contributed by atoms with van der Waals surface area (Å²) in [7, 11) is -4.11. The standard InChI is InChI=1S/C17H18Cl2N2O5S/c1-2-26-9-15-4-3-11(8-20-15)17(23)21-27(24,25)10-16(22)12-5-13(18)7-14(19)6-12/h3-8,16,22H,2,9-10H2,1H3,(H,21,23). The topological polar surface area (TPSA) is 106 Å². The molecule has 0 aliphatic rings. The lowest BCUT2D eigenvalue weighted by molar-refractivity contribution is 0.0980. The Morgan fingerprint density at radius 3 is 2.48 bits per heavy atom. The molecule has 7 nitrogen and oxygen atoms in total. The first-order valence-electron chi connectivity index (χ1n) is 7.91. The van der Waals surface area contributed by atoms with Crippen molar-refractivity contribution in [3.05, 3.63) is 63.4 Å². The highest BCUT2D eigenvalue weighted by atomic mass is 35.5. The first-order chi connectivity index (χ1) is 12.7. The predicted molar refractivity (Wildman–Crippen MR) is 102 cm³/mol. The number of nitrogens with one attached hydrogen (secondary N) is 1. The molecule has 0 saturated heterocycles. The minimum atomic E-state index is -4.11. The number of rotatable bonds is 8. The van der Waals surface area contributed by atoms with Crippen LogP contribution in [-0.2, 0) is 21.4 Å². The van der Waals surface area contributed by atoms with E-state index in [0.29, 0.717) is 18.9 Å². The number of carbonyl (C=O) groups excluding carboxylic acids is 1. The second-order valence-corrected chi connectivity index (χ2v) is 8.25. The van der Waals surface area contributed by atoms with Crippen LogP contribution in [0.25, 0.3) is 0 Å². The van der Waals surface area contributed by atoms with Crippen molar-refractivity contribution in [3.63, 3.8) is 0 Å². The van der Waals surface area contributed by atoms with Gasteiger partial charge in [0.15, 0.2) is 0 Å². The highest BCUT2D eigenvalue weighted by molar-refractivity contribution is 7.90. The van der Waals surface area contributed by atoms with Crippen molar-refractivity contribution in [2.75, 3.05) is 12.4 Å². The maximum atomic E-state index is 12.2. The summed E-state index contributed by atoms with van der Waals surface area (Å²) in [6.07, 6.45) is -0.148. The zero-order valence-corrected chi connectivity index (χ0v) is 16.7. The number of pyridine rings is 1. The highest BCUT2D eigenvalue weighted by Crippen LogP contribution is 2.24. The van der Waals surface area contributed by atoms with Crippen molar-refractivity contribution < 1.29 is 23.1 Å². The molecule has 0 saturated carbocycles. The van der Waals surface area contributed by atoms with Crippen LogP contribution in [0, 0.1) is 0 Å². The van der Waals surface area contributed by atoms with E-state index in [4.69, 9.17) is 27.9 Å². The second-order valence-electron chi connectivity index (χ2n) is 5.61. The SMILES string of the molecule is CCOCc1ccc(C(=O)NS(=O)(=O)CC(O)c2cc(Cl)cc(Cl)c2)cn1. The van der Waals surface area contributed by atoms with Crippen LogP contribution < -0.4 is 4.72 Å². The van der Waals surface area contributed by atoms with E-state index in [1.165, 1.54) is 30.5 Å². The number of ether oxygens (including phenoxy) is 1. The third-order valence-corrected chi connectivity index (χ3v) is 5.12. The van der Waals surface area contributed by atoms with Gasteiger partial charge in [0.05, 0.1) is 29.7 Å². The number of carbonyl (C=O) groups is 1. The molecule has 0 aliphatic carbocycles. The maximum Gasteiger partial charge on any atom is 0.266 e. The van der Waals surface area contributed by atoms with Gasteiger partial charge in [-0.05, 0) is 42.8 Å². The lowest BCUT2D eigenvalue weighted by Crippen LogP contribution is -2.34. The van der Waals surface area contributed by atoms with Gasteiger partial charge in [0.1, 0.15) is 0 Å². The summed E-state index contributed by atoms with van der Waals surface area (Å²) < 4.78 is 31.5. The number of benzene rings is 1. The van der Waals surface area contributed by atoms with Gasteiger partial charge in [0.25, 0.3) is 5.91 Å². The monoisotopic (exact) mass is 432 g/mol. The van der Waals surface area contributed by atoms with Gasteiger partial charge in [-0.3, -0.25) is 9.78 Å². The maximum absolute atomic E-state index is 12.2. The average Bonchev–Trinajstić information content (AvgIpc) is 2.58. The van der Waals surface area contributed by atoms with Crippen LogP contribution in [0.3, 0.4) is 0 Å². The Bertz CT molecular complexity index is 884. The summed E-state index contributed by atoms with van der Waals surface area (Å²) in [4.78, 5) is 16.2. The van der Waals surface area contributed by atoms with Gasteiger partial charge in [0.2, 0.25) is 10.0 Å².